The summed E-state index contributed by atoms with van der Waals surface area (Å²) in [4.78, 5) is 2.49. The second-order valence-electron chi connectivity index (χ2n) is 7.67. The van der Waals surface area contributed by atoms with Gasteiger partial charge in [0.25, 0.3) is 0 Å². The molecular formula is C23H31N3O2S. The molecule has 2 N–H and O–H groups in total. The monoisotopic (exact) mass is 413 g/mol. The SMILES string of the molecule is COc1ccc(NC(=S)NC(C)c2ccc(N3CCCC(C)C3)cc2)cc1OC. The van der Waals surface area contributed by atoms with Gasteiger partial charge in [-0.05, 0) is 67.7 Å². The number of benzene rings is 2. The van der Waals surface area contributed by atoms with Gasteiger partial charge in [-0.3, -0.25) is 0 Å². The van der Waals surface area contributed by atoms with Crippen LogP contribution in [0.1, 0.15) is 38.3 Å². The summed E-state index contributed by atoms with van der Waals surface area (Å²) in [6.45, 7) is 6.74. The van der Waals surface area contributed by atoms with Gasteiger partial charge in [0, 0.05) is 30.5 Å². The Kier molecular flexibility index (Phi) is 7.20. The smallest absolute Gasteiger partial charge is 0.171 e. The molecule has 0 amide bonds. The molecule has 6 heteroatoms. The third-order valence-corrected chi connectivity index (χ3v) is 5.62. The summed E-state index contributed by atoms with van der Waals surface area (Å²) in [6.07, 6.45) is 2.61. The molecular weight excluding hydrogens is 382 g/mol. The van der Waals surface area contributed by atoms with Crippen molar-refractivity contribution in [2.45, 2.75) is 32.7 Å². The summed E-state index contributed by atoms with van der Waals surface area (Å²) in [7, 11) is 3.24. The van der Waals surface area contributed by atoms with E-state index < -0.39 is 0 Å². The van der Waals surface area contributed by atoms with Crippen molar-refractivity contribution in [3.63, 3.8) is 0 Å². The van der Waals surface area contributed by atoms with Gasteiger partial charge in [-0.15, -0.1) is 0 Å². The Morgan fingerprint density at radius 3 is 2.48 bits per heavy atom. The molecule has 1 aliphatic rings. The van der Waals surface area contributed by atoms with Crippen LogP contribution in [0.3, 0.4) is 0 Å². The molecule has 156 valence electrons. The molecule has 0 aliphatic carbocycles. The Morgan fingerprint density at radius 1 is 1.10 bits per heavy atom. The van der Waals surface area contributed by atoms with Crippen LogP contribution in [-0.2, 0) is 0 Å². The third kappa shape index (κ3) is 5.54. The first-order chi connectivity index (χ1) is 14.0. The average Bonchev–Trinajstić information content (AvgIpc) is 2.73. The van der Waals surface area contributed by atoms with E-state index >= 15 is 0 Å². The number of methoxy groups -OCH3 is 2. The van der Waals surface area contributed by atoms with E-state index in [-0.39, 0.29) is 6.04 Å². The van der Waals surface area contributed by atoms with Crippen LogP contribution < -0.4 is 25.0 Å². The molecule has 5 nitrogen and oxygen atoms in total. The lowest BCUT2D eigenvalue weighted by molar-refractivity contribution is 0.355. The fraction of sp³-hybridized carbons (Fsp3) is 0.435. The van der Waals surface area contributed by atoms with Crippen molar-refractivity contribution >= 4 is 28.7 Å². The fourth-order valence-corrected chi connectivity index (χ4v) is 4.05. The van der Waals surface area contributed by atoms with E-state index in [1.54, 1.807) is 14.2 Å². The number of nitrogens with zero attached hydrogens (tertiary/aromatic N) is 1. The number of ether oxygens (including phenoxy) is 2. The number of rotatable bonds is 6. The lowest BCUT2D eigenvalue weighted by atomic mass is 9.99. The lowest BCUT2D eigenvalue weighted by Crippen LogP contribution is -2.34. The summed E-state index contributed by atoms with van der Waals surface area (Å²) < 4.78 is 10.6. The van der Waals surface area contributed by atoms with Gasteiger partial charge in [-0.1, -0.05) is 19.1 Å². The van der Waals surface area contributed by atoms with Crippen LogP contribution in [0.25, 0.3) is 0 Å². The summed E-state index contributed by atoms with van der Waals surface area (Å²) in [5.74, 6) is 2.12. The second-order valence-corrected chi connectivity index (χ2v) is 8.08. The average molecular weight is 414 g/mol. The van der Waals surface area contributed by atoms with Crippen molar-refractivity contribution in [1.82, 2.24) is 5.32 Å². The molecule has 0 aromatic heterocycles. The van der Waals surface area contributed by atoms with E-state index in [4.69, 9.17) is 21.7 Å². The van der Waals surface area contributed by atoms with E-state index in [0.717, 1.165) is 24.7 Å². The highest BCUT2D eigenvalue weighted by Gasteiger charge is 2.17. The second kappa shape index (κ2) is 9.83. The number of thiocarbonyl (C=S) groups is 1. The summed E-state index contributed by atoms with van der Waals surface area (Å²) in [5.41, 5.74) is 3.36. The maximum atomic E-state index is 5.49. The van der Waals surface area contributed by atoms with Gasteiger partial charge in [0.15, 0.2) is 16.6 Å². The van der Waals surface area contributed by atoms with E-state index in [1.807, 2.05) is 18.2 Å². The number of piperidine rings is 1. The van der Waals surface area contributed by atoms with Gasteiger partial charge in [0.2, 0.25) is 0 Å². The summed E-state index contributed by atoms with van der Waals surface area (Å²) in [5, 5.41) is 7.13. The molecule has 1 fully saturated rings. The Bertz CT molecular complexity index is 825. The Labute approximate surface area is 179 Å². The van der Waals surface area contributed by atoms with E-state index in [0.29, 0.717) is 16.6 Å². The number of hydrogen-bond acceptors (Lipinski definition) is 4. The summed E-state index contributed by atoms with van der Waals surface area (Å²) in [6, 6.07) is 14.5. The van der Waals surface area contributed by atoms with E-state index in [9.17, 15) is 0 Å². The quantitative estimate of drug-likeness (QED) is 0.651. The minimum atomic E-state index is 0.101. The normalized spacial score (nSPS) is 17.4. The van der Waals surface area contributed by atoms with Crippen molar-refractivity contribution in [2.24, 2.45) is 5.92 Å². The Balaban J connectivity index is 1.58. The van der Waals surface area contributed by atoms with Crippen LogP contribution in [0.5, 0.6) is 11.5 Å². The molecule has 2 atom stereocenters. The molecule has 29 heavy (non-hydrogen) atoms. The molecule has 1 saturated heterocycles. The van der Waals surface area contributed by atoms with Crippen LogP contribution in [0.15, 0.2) is 42.5 Å². The number of hydrogen-bond donors (Lipinski definition) is 2. The zero-order valence-corrected chi connectivity index (χ0v) is 18.5. The molecule has 0 spiro atoms. The molecule has 3 rings (SSSR count). The van der Waals surface area contributed by atoms with Gasteiger partial charge in [-0.2, -0.15) is 0 Å². The molecule has 2 aromatic carbocycles. The highest BCUT2D eigenvalue weighted by molar-refractivity contribution is 7.80. The molecule has 0 bridgehead atoms. The topological polar surface area (TPSA) is 45.8 Å². The predicted octanol–water partition coefficient (Wildman–Crippen LogP) is 4.99. The molecule has 0 saturated carbocycles. The van der Waals surface area contributed by atoms with Gasteiger partial charge in [-0.25, -0.2) is 0 Å². The fourth-order valence-electron chi connectivity index (χ4n) is 3.76. The first-order valence-corrected chi connectivity index (χ1v) is 10.6. The molecule has 2 unspecified atom stereocenters. The Hall–Kier alpha value is -2.47. The number of anilines is 2. The molecule has 2 aromatic rings. The Morgan fingerprint density at radius 2 is 1.83 bits per heavy atom. The van der Waals surface area contributed by atoms with Crippen LogP contribution in [-0.4, -0.2) is 32.4 Å². The standard InChI is InChI=1S/C23H31N3O2S/c1-16-6-5-13-26(15-16)20-10-7-18(8-11-20)17(2)24-23(29)25-19-9-12-21(27-3)22(14-19)28-4/h7-12,14,16-17H,5-6,13,15H2,1-4H3,(H2,24,25,29). The van der Waals surface area contributed by atoms with E-state index in [2.05, 4.69) is 53.6 Å². The lowest BCUT2D eigenvalue weighted by Gasteiger charge is -2.33. The zero-order valence-electron chi connectivity index (χ0n) is 17.7. The number of nitrogens with one attached hydrogen (secondary N) is 2. The van der Waals surface area contributed by atoms with Crippen molar-refractivity contribution in [2.75, 3.05) is 37.5 Å². The zero-order chi connectivity index (χ0) is 20.8. The van der Waals surface area contributed by atoms with Gasteiger partial charge >= 0.3 is 0 Å². The van der Waals surface area contributed by atoms with Crippen LogP contribution in [0, 0.1) is 5.92 Å². The highest BCUT2D eigenvalue weighted by atomic mass is 32.1. The minimum absolute atomic E-state index is 0.101. The van der Waals surface area contributed by atoms with Crippen molar-refractivity contribution in [3.05, 3.63) is 48.0 Å². The van der Waals surface area contributed by atoms with Crippen molar-refractivity contribution in [1.29, 1.82) is 0 Å². The molecule has 1 heterocycles. The van der Waals surface area contributed by atoms with Crippen molar-refractivity contribution in [3.8, 4) is 11.5 Å². The third-order valence-electron chi connectivity index (χ3n) is 5.40. The van der Waals surface area contributed by atoms with E-state index in [1.165, 1.54) is 24.1 Å². The molecule has 0 radical (unpaired) electrons. The highest BCUT2D eigenvalue weighted by Crippen LogP contribution is 2.30. The first kappa shape index (κ1) is 21.2. The van der Waals surface area contributed by atoms with Gasteiger partial charge < -0.3 is 25.0 Å². The van der Waals surface area contributed by atoms with Crippen LogP contribution >= 0.6 is 12.2 Å². The van der Waals surface area contributed by atoms with Gasteiger partial charge in [0.1, 0.15) is 0 Å². The largest absolute Gasteiger partial charge is 0.493 e. The summed E-state index contributed by atoms with van der Waals surface area (Å²) >= 11 is 5.49. The maximum absolute atomic E-state index is 5.49. The van der Waals surface area contributed by atoms with Crippen LogP contribution in [0.2, 0.25) is 0 Å². The molecule has 1 aliphatic heterocycles. The van der Waals surface area contributed by atoms with Gasteiger partial charge in [0.05, 0.1) is 20.3 Å². The minimum Gasteiger partial charge on any atom is -0.493 e. The van der Waals surface area contributed by atoms with Crippen LogP contribution in [0.4, 0.5) is 11.4 Å². The maximum Gasteiger partial charge on any atom is 0.171 e. The predicted molar refractivity (Wildman–Crippen MR) is 124 cm³/mol. The first-order valence-electron chi connectivity index (χ1n) is 10.1. The van der Waals surface area contributed by atoms with Crippen molar-refractivity contribution < 1.29 is 9.47 Å².